The number of hydrogen-bond donors (Lipinski definition) is 0. The van der Waals surface area contributed by atoms with Crippen molar-refractivity contribution in [1.29, 1.82) is 0 Å². The van der Waals surface area contributed by atoms with Gasteiger partial charge in [0.2, 0.25) is 11.7 Å². The van der Waals surface area contributed by atoms with Crippen molar-refractivity contribution in [3.63, 3.8) is 0 Å². The predicted octanol–water partition coefficient (Wildman–Crippen LogP) is 3.50. The normalized spacial score (nSPS) is 17.5. The summed E-state index contributed by atoms with van der Waals surface area (Å²) in [5.74, 6) is 1.75. The average Bonchev–Trinajstić information content (AvgIpc) is 3.09. The first kappa shape index (κ1) is 15.4. The molecule has 0 saturated carbocycles. The molecule has 8 heteroatoms. The number of rotatable bonds is 5. The van der Waals surface area contributed by atoms with Gasteiger partial charge >= 0.3 is 0 Å². The Kier molecular flexibility index (Phi) is 4.73. The lowest BCUT2D eigenvalue weighted by Gasteiger charge is -2.30. The smallest absolute Gasteiger partial charge is 0.251 e. The summed E-state index contributed by atoms with van der Waals surface area (Å²) in [6.07, 6.45) is 0.105. The van der Waals surface area contributed by atoms with Crippen LogP contribution in [0, 0.1) is 5.92 Å². The first-order valence-corrected chi connectivity index (χ1v) is 7.57. The molecule has 0 spiro atoms. The Bertz CT molecular complexity index is 609. The lowest BCUT2D eigenvalue weighted by molar-refractivity contribution is 0.0681. The van der Waals surface area contributed by atoms with E-state index in [2.05, 4.69) is 10.1 Å². The molecule has 0 aromatic carbocycles. The third-order valence-corrected chi connectivity index (χ3v) is 4.03. The third-order valence-electron chi connectivity index (χ3n) is 3.83. The van der Waals surface area contributed by atoms with Crippen LogP contribution in [0.3, 0.4) is 0 Å². The fourth-order valence-electron chi connectivity index (χ4n) is 2.69. The van der Waals surface area contributed by atoms with Crippen LogP contribution < -0.4 is 0 Å². The molecule has 0 aliphatic carbocycles. The van der Waals surface area contributed by atoms with Gasteiger partial charge in [0.15, 0.2) is 11.0 Å². The molecule has 1 fully saturated rings. The molecule has 1 saturated heterocycles. The van der Waals surface area contributed by atoms with E-state index in [1.807, 2.05) is 0 Å². The quantitative estimate of drug-likeness (QED) is 0.839. The maximum Gasteiger partial charge on any atom is 0.251 e. The van der Waals surface area contributed by atoms with Gasteiger partial charge in [0, 0.05) is 6.42 Å². The van der Waals surface area contributed by atoms with Crippen molar-refractivity contribution in [3.05, 3.63) is 23.2 Å². The van der Waals surface area contributed by atoms with Crippen molar-refractivity contribution in [2.45, 2.75) is 25.7 Å². The zero-order valence-corrected chi connectivity index (χ0v) is 12.6. The van der Waals surface area contributed by atoms with Crippen molar-refractivity contribution >= 4 is 11.6 Å². The number of nitrogens with zero attached hydrogens (tertiary/aromatic N) is 3. The van der Waals surface area contributed by atoms with Crippen LogP contribution in [0.2, 0.25) is 5.22 Å². The van der Waals surface area contributed by atoms with Crippen LogP contribution in [0.15, 0.2) is 21.1 Å². The lowest BCUT2D eigenvalue weighted by Crippen LogP contribution is -2.37. The summed E-state index contributed by atoms with van der Waals surface area (Å²) >= 11 is 5.71. The van der Waals surface area contributed by atoms with E-state index in [4.69, 9.17) is 20.5 Å². The summed E-state index contributed by atoms with van der Waals surface area (Å²) in [4.78, 5) is 6.09. The first-order chi connectivity index (χ1) is 10.6. The summed E-state index contributed by atoms with van der Waals surface area (Å²) < 4.78 is 35.1. The van der Waals surface area contributed by atoms with Gasteiger partial charge in [-0.1, -0.05) is 5.16 Å². The molecule has 0 amide bonds. The van der Waals surface area contributed by atoms with Crippen LogP contribution in [0.5, 0.6) is 0 Å². The minimum atomic E-state index is -2.27. The topological polar surface area (TPSA) is 55.3 Å². The monoisotopic (exact) mass is 331 g/mol. The van der Waals surface area contributed by atoms with Crippen LogP contribution in [0.4, 0.5) is 8.78 Å². The summed E-state index contributed by atoms with van der Waals surface area (Å²) in [5.41, 5.74) is 0. The van der Waals surface area contributed by atoms with E-state index < -0.39 is 6.43 Å². The second-order valence-electron chi connectivity index (χ2n) is 5.45. The standard InChI is InChI=1S/C14H16ClF2N3O2/c15-11-2-1-10(21-11)14-18-13(22-19-14)7-9-3-5-20(6-4-9)8-12(16)17/h1-2,9,12H,3-8H2. The molecule has 0 unspecified atom stereocenters. The number of halogens is 3. The molecule has 5 nitrogen and oxygen atoms in total. The molecule has 0 N–H and O–H groups in total. The molecule has 3 rings (SSSR count). The SMILES string of the molecule is FC(F)CN1CCC(Cc2nc(-c3ccc(Cl)o3)no2)CC1. The molecule has 0 atom stereocenters. The van der Waals surface area contributed by atoms with Gasteiger partial charge in [0.25, 0.3) is 6.43 Å². The van der Waals surface area contributed by atoms with Crippen LogP contribution in [-0.2, 0) is 6.42 Å². The van der Waals surface area contributed by atoms with Crippen LogP contribution in [-0.4, -0.2) is 41.1 Å². The molecule has 22 heavy (non-hydrogen) atoms. The van der Waals surface area contributed by atoms with Gasteiger partial charge in [-0.15, -0.1) is 0 Å². The largest absolute Gasteiger partial charge is 0.441 e. The summed E-state index contributed by atoms with van der Waals surface area (Å²) in [6.45, 7) is 1.23. The van der Waals surface area contributed by atoms with E-state index in [-0.39, 0.29) is 11.8 Å². The fraction of sp³-hybridized carbons (Fsp3) is 0.571. The molecule has 3 heterocycles. The Labute approximate surface area is 131 Å². The molecule has 1 aliphatic rings. The van der Waals surface area contributed by atoms with Gasteiger partial charge in [0.1, 0.15) is 0 Å². The number of hydrogen-bond acceptors (Lipinski definition) is 5. The average molecular weight is 332 g/mol. The van der Waals surface area contributed by atoms with E-state index in [1.165, 1.54) is 0 Å². The summed E-state index contributed by atoms with van der Waals surface area (Å²) in [7, 11) is 0. The Hall–Kier alpha value is -1.47. The zero-order valence-electron chi connectivity index (χ0n) is 11.8. The molecule has 0 radical (unpaired) electrons. The third kappa shape index (κ3) is 3.84. The highest BCUT2D eigenvalue weighted by Gasteiger charge is 2.23. The Morgan fingerprint density at radius 1 is 1.32 bits per heavy atom. The van der Waals surface area contributed by atoms with Crippen molar-refractivity contribution in [3.8, 4) is 11.6 Å². The molecule has 0 bridgehead atoms. The van der Waals surface area contributed by atoms with E-state index >= 15 is 0 Å². The number of piperidine rings is 1. The van der Waals surface area contributed by atoms with Gasteiger partial charge in [-0.3, -0.25) is 4.90 Å². The van der Waals surface area contributed by atoms with Crippen molar-refractivity contribution in [2.24, 2.45) is 5.92 Å². The second-order valence-corrected chi connectivity index (χ2v) is 5.83. The van der Waals surface area contributed by atoms with E-state index in [0.717, 1.165) is 12.8 Å². The number of alkyl halides is 2. The number of aromatic nitrogens is 2. The first-order valence-electron chi connectivity index (χ1n) is 7.19. The highest BCUT2D eigenvalue weighted by atomic mass is 35.5. The van der Waals surface area contributed by atoms with Gasteiger partial charge in [-0.2, -0.15) is 4.98 Å². The van der Waals surface area contributed by atoms with E-state index in [9.17, 15) is 8.78 Å². The predicted molar refractivity (Wildman–Crippen MR) is 75.9 cm³/mol. The fourth-order valence-corrected chi connectivity index (χ4v) is 2.83. The molecule has 2 aromatic rings. The Balaban J connectivity index is 1.53. The van der Waals surface area contributed by atoms with E-state index in [0.29, 0.717) is 42.9 Å². The summed E-state index contributed by atoms with van der Waals surface area (Å²) in [6, 6.07) is 3.30. The maximum atomic E-state index is 12.3. The number of likely N-dealkylation sites (tertiary alicyclic amines) is 1. The minimum absolute atomic E-state index is 0.142. The highest BCUT2D eigenvalue weighted by molar-refractivity contribution is 6.28. The summed E-state index contributed by atoms with van der Waals surface area (Å²) in [5, 5.41) is 4.14. The van der Waals surface area contributed by atoms with Crippen LogP contribution in [0.1, 0.15) is 18.7 Å². The molecule has 2 aromatic heterocycles. The van der Waals surface area contributed by atoms with Crippen molar-refractivity contribution in [2.75, 3.05) is 19.6 Å². The van der Waals surface area contributed by atoms with Crippen molar-refractivity contribution in [1.82, 2.24) is 15.0 Å². The van der Waals surface area contributed by atoms with E-state index in [1.54, 1.807) is 17.0 Å². The van der Waals surface area contributed by atoms with Gasteiger partial charge in [-0.25, -0.2) is 8.78 Å². The minimum Gasteiger partial charge on any atom is -0.441 e. The molecule has 120 valence electrons. The second kappa shape index (κ2) is 6.75. The maximum absolute atomic E-state index is 12.3. The van der Waals surface area contributed by atoms with Gasteiger partial charge in [0.05, 0.1) is 6.54 Å². The van der Waals surface area contributed by atoms with Crippen LogP contribution >= 0.6 is 11.6 Å². The lowest BCUT2D eigenvalue weighted by atomic mass is 9.93. The number of furan rings is 1. The Morgan fingerprint density at radius 2 is 2.09 bits per heavy atom. The highest BCUT2D eigenvalue weighted by Crippen LogP contribution is 2.25. The molecule has 1 aliphatic heterocycles. The van der Waals surface area contributed by atoms with Gasteiger partial charge < -0.3 is 8.94 Å². The van der Waals surface area contributed by atoms with Gasteiger partial charge in [-0.05, 0) is 55.6 Å². The molecular formula is C14H16ClF2N3O2. The van der Waals surface area contributed by atoms with Crippen LogP contribution in [0.25, 0.3) is 11.6 Å². The molecular weight excluding hydrogens is 316 g/mol. The Morgan fingerprint density at radius 3 is 2.73 bits per heavy atom. The zero-order chi connectivity index (χ0) is 15.5. The van der Waals surface area contributed by atoms with Crippen molar-refractivity contribution < 1.29 is 17.7 Å².